The number of hydrogen-bond acceptors (Lipinski definition) is 4. The topological polar surface area (TPSA) is 63.7 Å². The Bertz CT molecular complexity index is 731. The van der Waals surface area contributed by atoms with Crippen molar-refractivity contribution in [1.82, 2.24) is 4.31 Å². The molecule has 0 atom stereocenters. The third-order valence-electron chi connectivity index (χ3n) is 5.57. The summed E-state index contributed by atoms with van der Waals surface area (Å²) in [6.45, 7) is 1.26. The Labute approximate surface area is 162 Å². The summed E-state index contributed by atoms with van der Waals surface area (Å²) in [5.74, 6) is 0.168. The minimum Gasteiger partial charge on any atom is -0.465 e. The van der Waals surface area contributed by atoms with Crippen molar-refractivity contribution in [2.75, 3.05) is 19.7 Å². The maximum Gasteiger partial charge on any atom is 0.309 e. The molecule has 2 aliphatic rings. The molecule has 1 aliphatic carbocycles. The fraction of sp³-hybridized carbons (Fsp3) is 0.571. The molecule has 1 heterocycles. The van der Waals surface area contributed by atoms with Gasteiger partial charge in [0.1, 0.15) is 0 Å². The zero-order chi connectivity index (χ0) is 19.1. The van der Waals surface area contributed by atoms with E-state index in [-0.39, 0.29) is 11.9 Å². The van der Waals surface area contributed by atoms with E-state index in [1.807, 2.05) is 30.3 Å². The Morgan fingerprint density at radius 1 is 1.04 bits per heavy atom. The molecule has 1 aromatic rings. The van der Waals surface area contributed by atoms with Crippen molar-refractivity contribution in [3.05, 3.63) is 41.3 Å². The Morgan fingerprint density at radius 3 is 2.37 bits per heavy atom. The summed E-state index contributed by atoms with van der Waals surface area (Å²) >= 11 is 0. The SMILES string of the molecule is O=C(OCC1CCCCC1)C1CCN(S(=O)(=O)/C=C/c2ccccc2)CC1. The molecule has 27 heavy (non-hydrogen) atoms. The van der Waals surface area contributed by atoms with Crippen molar-refractivity contribution < 1.29 is 17.9 Å². The molecule has 0 N–H and O–H groups in total. The van der Waals surface area contributed by atoms with Crippen LogP contribution < -0.4 is 0 Å². The lowest BCUT2D eigenvalue weighted by Gasteiger charge is -2.29. The van der Waals surface area contributed by atoms with Crippen molar-refractivity contribution in [3.8, 4) is 0 Å². The molecule has 3 rings (SSSR count). The molecule has 1 saturated heterocycles. The molecule has 0 spiro atoms. The lowest BCUT2D eigenvalue weighted by Crippen LogP contribution is -2.40. The van der Waals surface area contributed by atoms with Crippen LogP contribution in [0.3, 0.4) is 0 Å². The third-order valence-corrected chi connectivity index (χ3v) is 7.13. The van der Waals surface area contributed by atoms with Crippen molar-refractivity contribution >= 4 is 22.1 Å². The standard InChI is InChI=1S/C21H29NO4S/c23-21(26-17-19-9-5-2-6-10-19)20-11-14-22(15-12-20)27(24,25)16-13-18-7-3-1-4-8-18/h1,3-4,7-8,13,16,19-20H,2,5-6,9-12,14-15,17H2/b16-13+. The summed E-state index contributed by atoms with van der Waals surface area (Å²) in [7, 11) is -3.46. The molecule has 0 radical (unpaired) electrons. The quantitative estimate of drug-likeness (QED) is 0.692. The summed E-state index contributed by atoms with van der Waals surface area (Å²) < 4.78 is 32.0. The smallest absolute Gasteiger partial charge is 0.309 e. The molecule has 0 bridgehead atoms. The predicted molar refractivity (Wildman–Crippen MR) is 106 cm³/mol. The highest BCUT2D eigenvalue weighted by Gasteiger charge is 2.31. The number of nitrogens with zero attached hydrogens (tertiary/aromatic N) is 1. The van der Waals surface area contributed by atoms with E-state index in [4.69, 9.17) is 4.74 Å². The first-order valence-electron chi connectivity index (χ1n) is 9.94. The summed E-state index contributed by atoms with van der Waals surface area (Å²) in [6.07, 6.45) is 8.72. The zero-order valence-electron chi connectivity index (χ0n) is 15.8. The van der Waals surface area contributed by atoms with Gasteiger partial charge in [0.2, 0.25) is 10.0 Å². The summed E-state index contributed by atoms with van der Waals surface area (Å²) in [6, 6.07) is 9.36. The number of rotatable bonds is 6. The van der Waals surface area contributed by atoms with Gasteiger partial charge in [-0.05, 0) is 43.2 Å². The Balaban J connectivity index is 1.46. The minimum atomic E-state index is -3.46. The van der Waals surface area contributed by atoms with E-state index >= 15 is 0 Å². The summed E-state index contributed by atoms with van der Waals surface area (Å²) in [5, 5.41) is 1.25. The lowest BCUT2D eigenvalue weighted by molar-refractivity contribution is -0.151. The van der Waals surface area contributed by atoms with Crippen LogP contribution >= 0.6 is 0 Å². The first kappa shape index (κ1) is 20.1. The number of carbonyl (C=O) groups excluding carboxylic acids is 1. The van der Waals surface area contributed by atoms with Crippen LogP contribution in [-0.2, 0) is 19.6 Å². The van der Waals surface area contributed by atoms with Crippen LogP contribution in [0.15, 0.2) is 35.7 Å². The lowest BCUT2D eigenvalue weighted by atomic mass is 9.90. The third kappa shape index (κ3) is 5.91. The summed E-state index contributed by atoms with van der Waals surface area (Å²) in [4.78, 5) is 12.3. The highest BCUT2D eigenvalue weighted by atomic mass is 32.2. The van der Waals surface area contributed by atoms with Crippen molar-refractivity contribution in [2.45, 2.75) is 44.9 Å². The second kappa shape index (κ2) is 9.51. The Hall–Kier alpha value is -1.66. The molecule has 2 fully saturated rings. The van der Waals surface area contributed by atoms with E-state index in [2.05, 4.69) is 0 Å². The zero-order valence-corrected chi connectivity index (χ0v) is 16.6. The van der Waals surface area contributed by atoms with E-state index in [0.29, 0.717) is 38.5 Å². The molecule has 0 aromatic heterocycles. The fourth-order valence-electron chi connectivity index (χ4n) is 3.83. The van der Waals surface area contributed by atoms with Gasteiger partial charge in [-0.2, -0.15) is 4.31 Å². The minimum absolute atomic E-state index is 0.155. The molecule has 148 valence electrons. The number of esters is 1. The van der Waals surface area contributed by atoms with Gasteiger partial charge in [-0.15, -0.1) is 0 Å². The van der Waals surface area contributed by atoms with E-state index in [0.717, 1.165) is 18.4 Å². The monoisotopic (exact) mass is 391 g/mol. The maximum absolute atomic E-state index is 12.5. The van der Waals surface area contributed by atoms with Crippen molar-refractivity contribution in [1.29, 1.82) is 0 Å². The number of benzene rings is 1. The second-order valence-corrected chi connectivity index (χ2v) is 9.38. The molecule has 0 unspecified atom stereocenters. The summed E-state index contributed by atoms with van der Waals surface area (Å²) in [5.41, 5.74) is 0.849. The maximum atomic E-state index is 12.5. The van der Waals surface area contributed by atoms with Crippen molar-refractivity contribution in [3.63, 3.8) is 0 Å². The molecular formula is C21H29NO4S. The number of ether oxygens (including phenoxy) is 1. The first-order valence-corrected chi connectivity index (χ1v) is 11.4. The van der Waals surface area contributed by atoms with Gasteiger partial charge in [0.05, 0.1) is 12.5 Å². The highest BCUT2D eigenvalue weighted by Crippen LogP contribution is 2.26. The number of sulfonamides is 1. The number of piperidine rings is 1. The molecule has 1 saturated carbocycles. The first-order chi connectivity index (χ1) is 13.0. The average Bonchev–Trinajstić information content (AvgIpc) is 2.72. The molecular weight excluding hydrogens is 362 g/mol. The molecule has 5 nitrogen and oxygen atoms in total. The van der Waals surface area contributed by atoms with Gasteiger partial charge < -0.3 is 4.74 Å². The van der Waals surface area contributed by atoms with E-state index in [1.165, 1.54) is 29.0 Å². The van der Waals surface area contributed by atoms with Gasteiger partial charge in [0, 0.05) is 18.5 Å². The number of carbonyl (C=O) groups is 1. The van der Waals surface area contributed by atoms with E-state index in [1.54, 1.807) is 6.08 Å². The van der Waals surface area contributed by atoms with Crippen LogP contribution in [-0.4, -0.2) is 38.4 Å². The van der Waals surface area contributed by atoms with Gasteiger partial charge >= 0.3 is 5.97 Å². The van der Waals surface area contributed by atoms with E-state index < -0.39 is 10.0 Å². The van der Waals surface area contributed by atoms with Gasteiger partial charge in [0.15, 0.2) is 0 Å². The Morgan fingerprint density at radius 2 is 1.70 bits per heavy atom. The molecule has 1 aliphatic heterocycles. The van der Waals surface area contributed by atoms with Crippen LogP contribution in [0, 0.1) is 11.8 Å². The van der Waals surface area contributed by atoms with Gasteiger partial charge in [0.25, 0.3) is 0 Å². The fourth-order valence-corrected chi connectivity index (χ4v) is 5.05. The largest absolute Gasteiger partial charge is 0.465 e. The molecule has 0 amide bonds. The van der Waals surface area contributed by atoms with E-state index in [9.17, 15) is 13.2 Å². The second-order valence-electron chi connectivity index (χ2n) is 7.57. The highest BCUT2D eigenvalue weighted by molar-refractivity contribution is 7.92. The predicted octanol–water partition coefficient (Wildman–Crippen LogP) is 3.82. The Kier molecular flexibility index (Phi) is 7.07. The van der Waals surface area contributed by atoms with Crippen LogP contribution in [0.4, 0.5) is 0 Å². The van der Waals surface area contributed by atoms with Gasteiger partial charge in [-0.25, -0.2) is 8.42 Å². The van der Waals surface area contributed by atoms with Gasteiger partial charge in [-0.1, -0.05) is 49.6 Å². The van der Waals surface area contributed by atoms with Gasteiger partial charge in [-0.3, -0.25) is 4.79 Å². The van der Waals surface area contributed by atoms with Crippen LogP contribution in [0.2, 0.25) is 0 Å². The van der Waals surface area contributed by atoms with Crippen molar-refractivity contribution in [2.24, 2.45) is 11.8 Å². The average molecular weight is 392 g/mol. The molecule has 6 heteroatoms. The van der Waals surface area contributed by atoms with Crippen LogP contribution in [0.25, 0.3) is 6.08 Å². The molecule has 1 aromatic carbocycles. The normalized spacial score (nSPS) is 20.7. The number of hydrogen-bond donors (Lipinski definition) is 0. The van der Waals surface area contributed by atoms with Crippen LogP contribution in [0.1, 0.15) is 50.5 Å². The van der Waals surface area contributed by atoms with Crippen LogP contribution in [0.5, 0.6) is 0 Å².